The van der Waals surface area contributed by atoms with Crippen molar-refractivity contribution in [2.45, 2.75) is 30.3 Å². The molecule has 23 heavy (non-hydrogen) atoms. The molecule has 0 aliphatic carbocycles. The number of nitrogens with one attached hydrogen (secondary N) is 2. The van der Waals surface area contributed by atoms with Crippen LogP contribution in [0.1, 0.15) is 13.3 Å². The Morgan fingerprint density at radius 3 is 2.78 bits per heavy atom. The summed E-state index contributed by atoms with van der Waals surface area (Å²) in [6, 6.07) is 5.68. The molecule has 0 spiro atoms. The van der Waals surface area contributed by atoms with Gasteiger partial charge in [0.05, 0.1) is 11.5 Å². The highest BCUT2D eigenvalue weighted by molar-refractivity contribution is 7.89. The number of sulfonamides is 1. The van der Waals surface area contributed by atoms with Gasteiger partial charge < -0.3 is 10.1 Å². The average molecular weight is 359 g/mol. The number of rotatable bonds is 6. The van der Waals surface area contributed by atoms with Crippen LogP contribution >= 0.6 is 11.6 Å². The van der Waals surface area contributed by atoms with E-state index in [-0.39, 0.29) is 17.0 Å². The topological polar surface area (TPSA) is 84.5 Å². The van der Waals surface area contributed by atoms with Gasteiger partial charge in [-0.2, -0.15) is 0 Å². The molecule has 126 valence electrons. The molecule has 1 aromatic rings. The number of benzene rings is 1. The van der Waals surface area contributed by atoms with Crippen molar-refractivity contribution in [2.24, 2.45) is 0 Å². The van der Waals surface area contributed by atoms with Crippen LogP contribution in [-0.2, 0) is 19.6 Å². The Balaban J connectivity index is 1.92. The van der Waals surface area contributed by atoms with E-state index in [9.17, 15) is 13.2 Å². The van der Waals surface area contributed by atoms with Crippen LogP contribution in [0.15, 0.2) is 41.3 Å². The highest BCUT2D eigenvalue weighted by Crippen LogP contribution is 2.16. The molecule has 0 saturated carbocycles. The fourth-order valence-corrected chi connectivity index (χ4v) is 3.66. The fourth-order valence-electron chi connectivity index (χ4n) is 2.29. The van der Waals surface area contributed by atoms with Crippen LogP contribution in [0, 0.1) is 0 Å². The van der Waals surface area contributed by atoms with Crippen molar-refractivity contribution in [2.75, 3.05) is 13.2 Å². The maximum atomic E-state index is 12.3. The van der Waals surface area contributed by atoms with Gasteiger partial charge in [-0.25, -0.2) is 17.9 Å². The minimum atomic E-state index is -3.59. The summed E-state index contributed by atoms with van der Waals surface area (Å²) < 4.78 is 32.0. The van der Waals surface area contributed by atoms with Gasteiger partial charge in [-0.05, 0) is 37.6 Å². The van der Waals surface area contributed by atoms with Crippen molar-refractivity contribution < 1.29 is 17.9 Å². The molecule has 1 aliphatic heterocycles. The Morgan fingerprint density at radius 1 is 1.43 bits per heavy atom. The van der Waals surface area contributed by atoms with Crippen LogP contribution in [0.2, 0.25) is 5.02 Å². The zero-order chi connectivity index (χ0) is 16.9. The van der Waals surface area contributed by atoms with E-state index in [0.717, 1.165) is 0 Å². The van der Waals surface area contributed by atoms with E-state index in [0.29, 0.717) is 24.6 Å². The van der Waals surface area contributed by atoms with Crippen molar-refractivity contribution in [3.8, 4) is 0 Å². The molecule has 6 nitrogen and oxygen atoms in total. The molecule has 0 unspecified atom stereocenters. The molecule has 2 rings (SSSR count). The smallest absolute Gasteiger partial charge is 0.330 e. The summed E-state index contributed by atoms with van der Waals surface area (Å²) in [5.74, 6) is -0.403. The van der Waals surface area contributed by atoms with Gasteiger partial charge >= 0.3 is 5.97 Å². The van der Waals surface area contributed by atoms with Gasteiger partial charge in [0.15, 0.2) is 0 Å². The Hall–Kier alpha value is -1.41. The highest BCUT2D eigenvalue weighted by atomic mass is 35.5. The zero-order valence-corrected chi connectivity index (χ0v) is 14.2. The lowest BCUT2D eigenvalue weighted by molar-refractivity contribution is -0.137. The molecular weight excluding hydrogens is 340 g/mol. The largest absolute Gasteiger partial charge is 0.463 e. The number of halogens is 1. The van der Waals surface area contributed by atoms with Crippen molar-refractivity contribution in [3.63, 3.8) is 0 Å². The maximum absolute atomic E-state index is 12.3. The SMILES string of the molecule is CCOC(=O)C=C[C@@H]1C[C@@H](NS(=O)(=O)c2ccc(Cl)cc2)CN1. The minimum Gasteiger partial charge on any atom is -0.463 e. The van der Waals surface area contributed by atoms with E-state index < -0.39 is 16.0 Å². The Kier molecular flexibility index (Phi) is 6.17. The molecule has 1 saturated heterocycles. The average Bonchev–Trinajstić information content (AvgIpc) is 2.93. The van der Waals surface area contributed by atoms with Gasteiger partial charge in [0.2, 0.25) is 10.0 Å². The maximum Gasteiger partial charge on any atom is 0.330 e. The van der Waals surface area contributed by atoms with E-state index in [1.54, 1.807) is 13.0 Å². The van der Waals surface area contributed by atoms with Crippen molar-refractivity contribution in [1.82, 2.24) is 10.0 Å². The first-order chi connectivity index (χ1) is 10.9. The second kappa shape index (κ2) is 7.92. The lowest BCUT2D eigenvalue weighted by Gasteiger charge is -2.12. The number of ether oxygens (including phenoxy) is 1. The third-order valence-corrected chi connectivity index (χ3v) is 5.15. The third-order valence-electron chi connectivity index (χ3n) is 3.36. The monoisotopic (exact) mass is 358 g/mol. The number of carbonyl (C=O) groups is 1. The molecule has 2 atom stereocenters. The van der Waals surface area contributed by atoms with E-state index in [4.69, 9.17) is 16.3 Å². The van der Waals surface area contributed by atoms with Crippen molar-refractivity contribution in [3.05, 3.63) is 41.4 Å². The van der Waals surface area contributed by atoms with Crippen LogP contribution in [0.3, 0.4) is 0 Å². The third kappa shape index (κ3) is 5.31. The molecule has 0 amide bonds. The van der Waals surface area contributed by atoms with Crippen LogP contribution in [0.5, 0.6) is 0 Å². The zero-order valence-electron chi connectivity index (χ0n) is 12.7. The first kappa shape index (κ1) is 17.9. The van der Waals surface area contributed by atoms with Gasteiger partial charge in [0, 0.05) is 29.7 Å². The normalized spacial score (nSPS) is 21.7. The molecule has 0 aromatic heterocycles. The summed E-state index contributed by atoms with van der Waals surface area (Å²) in [7, 11) is -3.59. The predicted octanol–water partition coefficient (Wildman–Crippen LogP) is 1.47. The lowest BCUT2D eigenvalue weighted by atomic mass is 10.2. The number of esters is 1. The van der Waals surface area contributed by atoms with Crippen LogP contribution in [0.4, 0.5) is 0 Å². The Morgan fingerprint density at radius 2 is 2.13 bits per heavy atom. The second-order valence-corrected chi connectivity index (χ2v) is 7.28. The summed E-state index contributed by atoms with van der Waals surface area (Å²) in [4.78, 5) is 11.4. The van der Waals surface area contributed by atoms with Gasteiger partial charge in [0.25, 0.3) is 0 Å². The molecule has 2 N–H and O–H groups in total. The quantitative estimate of drug-likeness (QED) is 0.594. The first-order valence-electron chi connectivity index (χ1n) is 7.27. The number of carbonyl (C=O) groups excluding carboxylic acids is 1. The molecule has 0 bridgehead atoms. The van der Waals surface area contributed by atoms with E-state index in [1.807, 2.05) is 0 Å². The molecule has 1 aromatic carbocycles. The Bertz CT molecular complexity index is 673. The van der Waals surface area contributed by atoms with Crippen LogP contribution in [0.25, 0.3) is 0 Å². The summed E-state index contributed by atoms with van der Waals surface area (Å²) in [6.45, 7) is 2.55. The molecule has 1 fully saturated rings. The predicted molar refractivity (Wildman–Crippen MR) is 87.7 cm³/mol. The van der Waals surface area contributed by atoms with Crippen molar-refractivity contribution in [1.29, 1.82) is 0 Å². The minimum absolute atomic E-state index is 0.0719. The molecule has 0 radical (unpaired) electrons. The van der Waals surface area contributed by atoms with Crippen LogP contribution < -0.4 is 10.0 Å². The van der Waals surface area contributed by atoms with Crippen LogP contribution in [-0.4, -0.2) is 39.6 Å². The number of hydrogen-bond donors (Lipinski definition) is 2. The second-order valence-electron chi connectivity index (χ2n) is 5.13. The molecule has 1 aliphatic rings. The summed E-state index contributed by atoms with van der Waals surface area (Å²) in [5.41, 5.74) is 0. The van der Waals surface area contributed by atoms with E-state index >= 15 is 0 Å². The highest BCUT2D eigenvalue weighted by Gasteiger charge is 2.27. The summed E-state index contributed by atoms with van der Waals surface area (Å²) in [5, 5.41) is 3.63. The van der Waals surface area contributed by atoms with Crippen molar-refractivity contribution >= 4 is 27.6 Å². The number of hydrogen-bond acceptors (Lipinski definition) is 5. The Labute approximate surface area is 140 Å². The fraction of sp³-hybridized carbons (Fsp3) is 0.400. The van der Waals surface area contributed by atoms with E-state index in [2.05, 4.69) is 10.0 Å². The van der Waals surface area contributed by atoms with Gasteiger partial charge in [-0.1, -0.05) is 17.7 Å². The summed E-state index contributed by atoms with van der Waals surface area (Å²) >= 11 is 5.76. The lowest BCUT2D eigenvalue weighted by Crippen LogP contribution is -2.36. The van der Waals surface area contributed by atoms with Gasteiger partial charge in [-0.3, -0.25) is 0 Å². The molecular formula is C15H19ClN2O4S. The van der Waals surface area contributed by atoms with Gasteiger partial charge in [-0.15, -0.1) is 0 Å². The molecule has 1 heterocycles. The standard InChI is InChI=1S/C15H19ClN2O4S/c1-2-22-15(19)8-5-12-9-13(10-17-12)18-23(20,21)14-6-3-11(16)4-7-14/h3-8,12-13,17-18H,2,9-10H2,1H3/t12-,13-/m1/s1. The van der Waals surface area contributed by atoms with Gasteiger partial charge in [0.1, 0.15) is 0 Å². The van der Waals surface area contributed by atoms with E-state index in [1.165, 1.54) is 30.3 Å². The molecule has 8 heteroatoms. The first-order valence-corrected chi connectivity index (χ1v) is 9.13. The summed E-state index contributed by atoms with van der Waals surface area (Å²) in [6.07, 6.45) is 3.61.